The Balaban J connectivity index is 1.85. The Bertz CT molecular complexity index is 655. The summed E-state index contributed by atoms with van der Waals surface area (Å²) in [5.41, 5.74) is 2.36. The summed E-state index contributed by atoms with van der Waals surface area (Å²) < 4.78 is 17.5. The van der Waals surface area contributed by atoms with Crippen LogP contribution in [0, 0.1) is 0 Å². The second-order valence-electron chi connectivity index (χ2n) is 7.05. The fourth-order valence-corrected chi connectivity index (χ4v) is 4.97. The van der Waals surface area contributed by atoms with Gasteiger partial charge in [0, 0.05) is 16.0 Å². The van der Waals surface area contributed by atoms with Crippen LogP contribution in [-0.4, -0.2) is 26.3 Å². The number of fused-ring (bicyclic) bond motifs is 2. The van der Waals surface area contributed by atoms with E-state index in [1.54, 1.807) is 6.07 Å². The van der Waals surface area contributed by atoms with Crippen molar-refractivity contribution >= 4 is 22.3 Å². The molecular weight excluding hydrogens is 296 g/mol. The number of ether oxygens (including phenoxy) is 1. The zero-order valence-electron chi connectivity index (χ0n) is 13.3. The minimum Gasteiger partial charge on any atom is -0.456 e. The zero-order chi connectivity index (χ0) is 15.9. The third-order valence-corrected chi connectivity index (χ3v) is 6.13. The van der Waals surface area contributed by atoms with Gasteiger partial charge in [-0.2, -0.15) is 0 Å². The molecule has 1 saturated heterocycles. The molecule has 0 amide bonds. The van der Waals surface area contributed by atoms with E-state index in [1.165, 1.54) is 5.57 Å². The minimum atomic E-state index is -0.709. The third kappa shape index (κ3) is 3.17. The van der Waals surface area contributed by atoms with E-state index in [-0.39, 0.29) is 16.5 Å². The molecule has 0 radical (unpaired) electrons. The summed E-state index contributed by atoms with van der Waals surface area (Å²) in [5, 5.41) is 0.481. The van der Waals surface area contributed by atoms with Crippen molar-refractivity contribution in [3.63, 3.8) is 0 Å². The van der Waals surface area contributed by atoms with Gasteiger partial charge in [0.1, 0.15) is 5.60 Å². The van der Waals surface area contributed by atoms with Gasteiger partial charge in [0.05, 0.1) is 10.8 Å². The van der Waals surface area contributed by atoms with Crippen LogP contribution in [0.5, 0.6) is 0 Å². The minimum absolute atomic E-state index is 0.193. The summed E-state index contributed by atoms with van der Waals surface area (Å²) in [6, 6.07) is 7.59. The van der Waals surface area contributed by atoms with E-state index >= 15 is 0 Å². The molecule has 118 valence electrons. The van der Waals surface area contributed by atoms with Crippen LogP contribution in [0.3, 0.4) is 0 Å². The first kappa shape index (κ1) is 15.5. The van der Waals surface area contributed by atoms with Gasteiger partial charge in [0.15, 0.2) is 0 Å². The molecule has 1 aromatic carbocycles. The predicted octanol–water partition coefficient (Wildman–Crippen LogP) is 3.71. The summed E-state index contributed by atoms with van der Waals surface area (Å²) in [6.07, 6.45) is 5.06. The lowest BCUT2D eigenvalue weighted by Crippen LogP contribution is -2.24. The highest BCUT2D eigenvalue weighted by atomic mass is 32.2. The maximum absolute atomic E-state index is 12.2. The average Bonchev–Trinajstić information content (AvgIpc) is 2.67. The van der Waals surface area contributed by atoms with E-state index in [4.69, 9.17) is 4.74 Å². The summed E-state index contributed by atoms with van der Waals surface area (Å²) >= 11 is 0. The molecule has 2 bridgehead atoms. The van der Waals surface area contributed by atoms with Gasteiger partial charge in [-0.1, -0.05) is 18.2 Å². The van der Waals surface area contributed by atoms with Gasteiger partial charge in [-0.05, 0) is 63.3 Å². The van der Waals surface area contributed by atoms with E-state index < -0.39 is 16.4 Å². The molecule has 0 aliphatic carbocycles. The summed E-state index contributed by atoms with van der Waals surface area (Å²) in [6.45, 7) is 5.60. The first-order chi connectivity index (χ1) is 10.3. The predicted molar refractivity (Wildman–Crippen MR) is 89.2 cm³/mol. The second-order valence-corrected chi connectivity index (χ2v) is 8.97. The molecule has 1 aromatic rings. The van der Waals surface area contributed by atoms with Crippen LogP contribution in [0.1, 0.15) is 56.0 Å². The molecule has 0 aromatic heterocycles. The van der Waals surface area contributed by atoms with Gasteiger partial charge >= 0.3 is 5.97 Å². The van der Waals surface area contributed by atoms with Gasteiger partial charge in [0.2, 0.25) is 0 Å². The Labute approximate surface area is 134 Å². The summed E-state index contributed by atoms with van der Waals surface area (Å²) in [5.74, 6) is -0.294. The van der Waals surface area contributed by atoms with Crippen molar-refractivity contribution in [3.8, 4) is 0 Å². The number of hydrogen-bond acceptors (Lipinski definition) is 3. The molecule has 3 atom stereocenters. The van der Waals surface area contributed by atoms with Crippen molar-refractivity contribution in [2.45, 2.75) is 56.1 Å². The maximum Gasteiger partial charge on any atom is 0.338 e. The van der Waals surface area contributed by atoms with E-state index in [0.717, 1.165) is 24.8 Å². The number of benzene rings is 1. The number of hydrogen-bond donors (Lipinski definition) is 0. The van der Waals surface area contributed by atoms with Crippen LogP contribution in [0.25, 0.3) is 5.57 Å². The Morgan fingerprint density at radius 2 is 2.05 bits per heavy atom. The molecule has 2 aliphatic heterocycles. The molecule has 4 heteroatoms. The van der Waals surface area contributed by atoms with Gasteiger partial charge in [-0.3, -0.25) is 4.21 Å². The van der Waals surface area contributed by atoms with Crippen LogP contribution in [-0.2, 0) is 15.5 Å². The third-order valence-electron chi connectivity index (χ3n) is 4.10. The lowest BCUT2D eigenvalue weighted by Gasteiger charge is -2.21. The number of carbonyl (C=O) groups excluding carboxylic acids is 1. The van der Waals surface area contributed by atoms with Crippen molar-refractivity contribution < 1.29 is 13.7 Å². The summed E-state index contributed by atoms with van der Waals surface area (Å²) in [7, 11) is -0.709. The smallest absolute Gasteiger partial charge is 0.338 e. The van der Waals surface area contributed by atoms with E-state index in [1.807, 2.05) is 39.0 Å². The molecular formula is C18H22O3S. The van der Waals surface area contributed by atoms with Gasteiger partial charge in [0.25, 0.3) is 0 Å². The van der Waals surface area contributed by atoms with Crippen molar-refractivity contribution in [1.29, 1.82) is 0 Å². The van der Waals surface area contributed by atoms with Crippen LogP contribution in [0.15, 0.2) is 30.3 Å². The lowest BCUT2D eigenvalue weighted by atomic mass is 9.99. The Morgan fingerprint density at radius 3 is 2.73 bits per heavy atom. The fraction of sp³-hybridized carbons (Fsp3) is 0.500. The average molecular weight is 318 g/mol. The lowest BCUT2D eigenvalue weighted by molar-refractivity contribution is 0.00695. The van der Waals surface area contributed by atoms with Crippen molar-refractivity contribution in [1.82, 2.24) is 0 Å². The Morgan fingerprint density at radius 1 is 1.27 bits per heavy atom. The van der Waals surface area contributed by atoms with Crippen molar-refractivity contribution in [2.75, 3.05) is 0 Å². The molecule has 0 spiro atoms. The van der Waals surface area contributed by atoms with E-state index in [0.29, 0.717) is 5.56 Å². The highest BCUT2D eigenvalue weighted by Gasteiger charge is 2.36. The number of allylic oxidation sites excluding steroid dienone is 1. The summed E-state index contributed by atoms with van der Waals surface area (Å²) in [4.78, 5) is 12.2. The molecule has 2 heterocycles. The maximum atomic E-state index is 12.2. The molecule has 3 unspecified atom stereocenters. The van der Waals surface area contributed by atoms with Crippen LogP contribution >= 0.6 is 0 Å². The van der Waals surface area contributed by atoms with Gasteiger partial charge < -0.3 is 4.74 Å². The first-order valence-corrected chi connectivity index (χ1v) is 9.05. The van der Waals surface area contributed by atoms with Crippen LogP contribution in [0.2, 0.25) is 0 Å². The zero-order valence-corrected chi connectivity index (χ0v) is 14.1. The molecule has 1 fully saturated rings. The van der Waals surface area contributed by atoms with E-state index in [9.17, 15) is 9.00 Å². The fourth-order valence-electron chi connectivity index (χ4n) is 3.10. The Hall–Kier alpha value is -1.42. The van der Waals surface area contributed by atoms with Crippen molar-refractivity contribution in [3.05, 3.63) is 41.5 Å². The number of carbonyl (C=O) groups is 1. The molecule has 3 rings (SSSR count). The molecule has 0 saturated carbocycles. The van der Waals surface area contributed by atoms with Gasteiger partial charge in [-0.15, -0.1) is 0 Å². The number of rotatable bonds is 2. The highest BCUT2D eigenvalue weighted by Crippen LogP contribution is 2.38. The first-order valence-electron chi connectivity index (χ1n) is 7.77. The molecule has 3 nitrogen and oxygen atoms in total. The largest absolute Gasteiger partial charge is 0.456 e. The highest BCUT2D eigenvalue weighted by molar-refractivity contribution is 7.86. The van der Waals surface area contributed by atoms with Crippen LogP contribution in [0.4, 0.5) is 0 Å². The monoisotopic (exact) mass is 318 g/mol. The topological polar surface area (TPSA) is 43.4 Å². The standard InChI is InChI=1S/C18H22O3S/c1-18(2,3)21-17(19)13-6-4-5-12(9-13)14-10-15-7-8-16(11-14)22(15)20/h4-6,9-10,15-16H,7-8,11H2,1-3H3. The molecule has 2 aliphatic rings. The van der Waals surface area contributed by atoms with E-state index in [2.05, 4.69) is 6.08 Å². The Kier molecular flexibility index (Phi) is 3.98. The van der Waals surface area contributed by atoms with Gasteiger partial charge in [-0.25, -0.2) is 4.79 Å². The molecule has 22 heavy (non-hydrogen) atoms. The quantitative estimate of drug-likeness (QED) is 0.781. The van der Waals surface area contributed by atoms with Crippen molar-refractivity contribution in [2.24, 2.45) is 0 Å². The van der Waals surface area contributed by atoms with Crippen LogP contribution < -0.4 is 0 Å². The molecule has 0 N–H and O–H groups in total. The second kappa shape index (κ2) is 5.65. The number of esters is 1. The SMILES string of the molecule is CC(C)(C)OC(=O)c1cccc(C2=CC3CCC(C2)S3=O)c1. The normalized spacial score (nSPS) is 27.4.